The Morgan fingerprint density at radius 2 is 1.65 bits per heavy atom. The number of nitrogens with zero attached hydrogens (tertiary/aromatic N) is 3. The predicted molar refractivity (Wildman–Crippen MR) is 203 cm³/mol. The number of ether oxygens (including phenoxy) is 1. The van der Waals surface area contributed by atoms with Crippen LogP contribution in [-0.4, -0.2) is 72.1 Å². The number of carbonyl (C=O) groups excluding carboxylic acids is 2. The van der Waals surface area contributed by atoms with Crippen molar-refractivity contribution >= 4 is 39.9 Å². The van der Waals surface area contributed by atoms with Crippen LogP contribution in [0.2, 0.25) is 5.02 Å². The second-order valence-corrected chi connectivity index (χ2v) is 15.1. The Bertz CT molecular complexity index is 2020. The van der Waals surface area contributed by atoms with Gasteiger partial charge in [0.1, 0.15) is 17.6 Å². The summed E-state index contributed by atoms with van der Waals surface area (Å²) in [7, 11) is 3.46. The number of hydrogen-bond donors (Lipinski definition) is 2. The van der Waals surface area contributed by atoms with E-state index >= 15 is 4.39 Å². The first-order valence-corrected chi connectivity index (χ1v) is 18.8. The lowest BCUT2D eigenvalue weighted by atomic mass is 9.88. The van der Waals surface area contributed by atoms with Crippen LogP contribution in [0.15, 0.2) is 65.6 Å². The molecular weight excluding hydrogens is 681 g/mol. The molecule has 1 aromatic heterocycles. The number of carbonyl (C=O) groups is 2. The minimum Gasteiger partial charge on any atom is -0.496 e. The Morgan fingerprint density at radius 1 is 0.923 bits per heavy atom. The van der Waals surface area contributed by atoms with Crippen molar-refractivity contribution in [2.75, 3.05) is 45.2 Å². The van der Waals surface area contributed by atoms with E-state index in [0.29, 0.717) is 28.4 Å². The van der Waals surface area contributed by atoms with Crippen molar-refractivity contribution in [3.8, 4) is 16.9 Å². The van der Waals surface area contributed by atoms with Crippen LogP contribution in [0, 0.1) is 11.7 Å². The van der Waals surface area contributed by atoms with Gasteiger partial charge < -0.3 is 19.5 Å². The minimum atomic E-state index is -0.528. The molecule has 3 saturated heterocycles. The molecule has 3 aliphatic heterocycles. The Kier molecular flexibility index (Phi) is 11.0. The summed E-state index contributed by atoms with van der Waals surface area (Å²) in [4.78, 5) is 41.2. The van der Waals surface area contributed by atoms with Crippen LogP contribution in [0.1, 0.15) is 62.0 Å². The number of hydrogen-bond acceptors (Lipinski definition) is 7. The monoisotopic (exact) mass is 727 g/mol. The molecule has 11 heteroatoms. The fraction of sp³-hybridized carbons (Fsp3) is 0.439. The van der Waals surface area contributed by atoms with E-state index in [1.807, 2.05) is 54.7 Å². The van der Waals surface area contributed by atoms with Gasteiger partial charge in [0.25, 0.3) is 5.56 Å². The lowest BCUT2D eigenvalue weighted by Gasteiger charge is -2.36. The van der Waals surface area contributed by atoms with E-state index in [-0.39, 0.29) is 35.5 Å². The number of pyridine rings is 1. The van der Waals surface area contributed by atoms with Crippen molar-refractivity contribution in [2.24, 2.45) is 13.0 Å². The van der Waals surface area contributed by atoms with E-state index in [1.165, 1.54) is 12.5 Å². The van der Waals surface area contributed by atoms with Gasteiger partial charge in [-0.3, -0.25) is 24.6 Å². The highest BCUT2D eigenvalue weighted by Gasteiger charge is 2.28. The zero-order valence-electron chi connectivity index (χ0n) is 29.9. The maximum absolute atomic E-state index is 15.2. The molecule has 1 unspecified atom stereocenters. The average molecular weight is 728 g/mol. The van der Waals surface area contributed by atoms with Crippen LogP contribution >= 0.6 is 11.6 Å². The van der Waals surface area contributed by atoms with Crippen LogP contribution in [0.3, 0.4) is 0 Å². The van der Waals surface area contributed by atoms with Crippen molar-refractivity contribution in [3.05, 3.63) is 93.1 Å². The number of imide groups is 1. The molecule has 274 valence electrons. The largest absolute Gasteiger partial charge is 0.496 e. The van der Waals surface area contributed by atoms with E-state index in [4.69, 9.17) is 16.3 Å². The average Bonchev–Trinajstić information content (AvgIpc) is 3.15. The first kappa shape index (κ1) is 36.1. The van der Waals surface area contributed by atoms with E-state index in [2.05, 4.69) is 20.4 Å². The lowest BCUT2D eigenvalue weighted by Crippen LogP contribution is -2.47. The summed E-state index contributed by atoms with van der Waals surface area (Å²) in [6.45, 7) is 5.72. The van der Waals surface area contributed by atoms with Gasteiger partial charge >= 0.3 is 0 Å². The fourth-order valence-corrected chi connectivity index (χ4v) is 8.49. The van der Waals surface area contributed by atoms with E-state index in [0.717, 1.165) is 98.3 Å². The summed E-state index contributed by atoms with van der Waals surface area (Å²) in [6, 6.07) is 16.3. The summed E-state index contributed by atoms with van der Waals surface area (Å²) in [5.41, 5.74) is 4.12. The molecule has 0 saturated carbocycles. The normalized spacial score (nSPS) is 19.6. The molecule has 0 spiro atoms. The minimum absolute atomic E-state index is 0.0269. The molecule has 2 amide bonds. The molecule has 9 nitrogen and oxygen atoms in total. The SMILES string of the molecule is COc1cc(-c2cn(C)c(=O)c3ccccc23)cc(Cl)c1CN1CCC(CCN2CCC(c3ccc(NC4CCC(=O)NC4=O)cc3F)CC2)CC1. The van der Waals surface area contributed by atoms with Gasteiger partial charge in [-0.1, -0.05) is 35.9 Å². The van der Waals surface area contributed by atoms with Gasteiger partial charge in [-0.2, -0.15) is 0 Å². The first-order valence-electron chi connectivity index (χ1n) is 18.5. The highest BCUT2D eigenvalue weighted by atomic mass is 35.5. The molecule has 1 atom stereocenters. The molecule has 0 radical (unpaired) electrons. The molecule has 4 aromatic rings. The zero-order valence-corrected chi connectivity index (χ0v) is 30.7. The maximum atomic E-state index is 15.2. The summed E-state index contributed by atoms with van der Waals surface area (Å²) >= 11 is 6.95. The van der Waals surface area contributed by atoms with Gasteiger partial charge in [0.15, 0.2) is 0 Å². The Balaban J connectivity index is 0.883. The predicted octanol–water partition coefficient (Wildman–Crippen LogP) is 6.71. The fourth-order valence-electron chi connectivity index (χ4n) is 8.22. The third-order valence-electron chi connectivity index (χ3n) is 11.3. The second-order valence-electron chi connectivity index (χ2n) is 14.7. The number of methoxy groups -OCH3 is 1. The van der Waals surface area contributed by atoms with Crippen molar-refractivity contribution in [2.45, 2.75) is 63.5 Å². The number of halogens is 2. The molecule has 52 heavy (non-hydrogen) atoms. The van der Waals surface area contributed by atoms with E-state index < -0.39 is 6.04 Å². The number of rotatable bonds is 10. The number of benzene rings is 3. The molecule has 4 heterocycles. The molecule has 3 fully saturated rings. The highest BCUT2D eigenvalue weighted by Crippen LogP contribution is 2.37. The van der Waals surface area contributed by atoms with Crippen molar-refractivity contribution < 1.29 is 18.7 Å². The number of anilines is 1. The third-order valence-corrected chi connectivity index (χ3v) is 11.7. The van der Waals surface area contributed by atoms with Crippen LogP contribution < -0.4 is 20.9 Å². The molecule has 3 aromatic carbocycles. The molecule has 0 aliphatic carbocycles. The number of piperidine rings is 3. The van der Waals surface area contributed by atoms with Crippen LogP contribution in [0.5, 0.6) is 5.75 Å². The number of nitrogens with one attached hydrogen (secondary N) is 2. The standard InChI is InChI=1S/C41H47ClFN5O4/c1-46-24-33(31-5-3-4-6-32(31)41(46)51)28-21-35(42)34(38(22-28)52-2)25-48-17-12-26(13-18-48)11-16-47-19-14-27(15-20-47)30-8-7-29(23-36(30)43)44-37-9-10-39(49)45-40(37)50/h3-8,21-24,26-27,37,44H,9-20,25H2,1-2H3,(H,45,49,50). The van der Waals surface area contributed by atoms with Gasteiger partial charge in [-0.25, -0.2) is 4.39 Å². The van der Waals surface area contributed by atoms with E-state index in [1.54, 1.807) is 18.7 Å². The number of likely N-dealkylation sites (tertiary alicyclic amines) is 2. The number of aryl methyl sites for hydroxylation is 1. The Labute approximate surface area is 309 Å². The van der Waals surface area contributed by atoms with Gasteiger partial charge in [0.2, 0.25) is 11.8 Å². The van der Waals surface area contributed by atoms with Crippen LogP contribution in [0.25, 0.3) is 21.9 Å². The molecule has 2 N–H and O–H groups in total. The Morgan fingerprint density at radius 3 is 2.37 bits per heavy atom. The first-order chi connectivity index (χ1) is 25.2. The van der Waals surface area contributed by atoms with Gasteiger partial charge in [-0.05, 0) is 130 Å². The Hall–Kier alpha value is -4.25. The maximum Gasteiger partial charge on any atom is 0.258 e. The topological polar surface area (TPSA) is 95.9 Å². The lowest BCUT2D eigenvalue weighted by molar-refractivity contribution is -0.133. The molecule has 7 rings (SSSR count). The molecular formula is C41H47ClFN5O4. The molecule has 0 bridgehead atoms. The smallest absolute Gasteiger partial charge is 0.258 e. The quantitative estimate of drug-likeness (QED) is 0.176. The summed E-state index contributed by atoms with van der Waals surface area (Å²) in [5.74, 6) is 0.746. The van der Waals surface area contributed by atoms with Crippen molar-refractivity contribution in [1.82, 2.24) is 19.7 Å². The van der Waals surface area contributed by atoms with Crippen molar-refractivity contribution in [1.29, 1.82) is 0 Å². The highest BCUT2D eigenvalue weighted by molar-refractivity contribution is 6.32. The number of amides is 2. The van der Waals surface area contributed by atoms with Crippen LogP contribution in [-0.2, 0) is 23.2 Å². The van der Waals surface area contributed by atoms with Gasteiger partial charge in [0.05, 0.1) is 7.11 Å². The summed E-state index contributed by atoms with van der Waals surface area (Å²) in [5, 5.41) is 7.65. The van der Waals surface area contributed by atoms with Gasteiger partial charge in [0, 0.05) is 53.4 Å². The van der Waals surface area contributed by atoms with E-state index in [9.17, 15) is 14.4 Å². The number of fused-ring (bicyclic) bond motifs is 1. The van der Waals surface area contributed by atoms with Crippen molar-refractivity contribution in [3.63, 3.8) is 0 Å². The van der Waals surface area contributed by atoms with Crippen LogP contribution in [0.4, 0.5) is 10.1 Å². The zero-order chi connectivity index (χ0) is 36.4. The number of aromatic nitrogens is 1. The second kappa shape index (κ2) is 15.8. The summed E-state index contributed by atoms with van der Waals surface area (Å²) in [6.07, 6.45) is 7.86. The van der Waals surface area contributed by atoms with Gasteiger partial charge in [-0.15, -0.1) is 0 Å². The third kappa shape index (κ3) is 7.89. The summed E-state index contributed by atoms with van der Waals surface area (Å²) < 4.78 is 22.7. The molecule has 3 aliphatic rings.